The normalized spacial score (nSPS) is 13.1. The second-order valence-electron chi connectivity index (χ2n) is 4.73. The SMILES string of the molecule is CCCC[n+]1ccccc1.CCCN1C=CC=CC1. The Morgan fingerprint density at radius 1 is 1.00 bits per heavy atom. The number of aryl methyl sites for hydroxylation is 1. The predicted octanol–water partition coefficient (Wildman–Crippen LogP) is 3.56. The molecule has 0 saturated carbocycles. The van der Waals surface area contributed by atoms with E-state index in [-0.39, 0.29) is 0 Å². The smallest absolute Gasteiger partial charge is 0.168 e. The standard InChI is InChI=1S/C9H14N.C8H13N/c1-2-3-7-10-8-5-4-6-9-10;1-2-6-9-7-4-3-5-8-9/h4-6,8-9H,2-3,7H2,1H3;3-5,7H,2,6,8H2,1H3/q+1;. The summed E-state index contributed by atoms with van der Waals surface area (Å²) in [6, 6.07) is 6.17. The van der Waals surface area contributed by atoms with Crippen LogP contribution < -0.4 is 4.57 Å². The number of unbranched alkanes of at least 4 members (excludes halogenated alkanes) is 1. The molecule has 2 rings (SSSR count). The molecule has 1 aliphatic rings. The zero-order valence-electron chi connectivity index (χ0n) is 12.3. The lowest BCUT2D eigenvalue weighted by Gasteiger charge is -2.18. The van der Waals surface area contributed by atoms with Crippen molar-refractivity contribution < 1.29 is 4.57 Å². The van der Waals surface area contributed by atoms with Gasteiger partial charge >= 0.3 is 0 Å². The van der Waals surface area contributed by atoms with Crippen LogP contribution in [0.25, 0.3) is 0 Å². The Balaban J connectivity index is 0.000000191. The average Bonchev–Trinajstić information content (AvgIpc) is 2.48. The van der Waals surface area contributed by atoms with Gasteiger partial charge in [0, 0.05) is 31.6 Å². The van der Waals surface area contributed by atoms with Gasteiger partial charge in [0.15, 0.2) is 12.4 Å². The van der Waals surface area contributed by atoms with Gasteiger partial charge in [-0.15, -0.1) is 0 Å². The van der Waals surface area contributed by atoms with Crippen molar-refractivity contribution in [2.75, 3.05) is 13.1 Å². The van der Waals surface area contributed by atoms with E-state index in [0.29, 0.717) is 0 Å². The summed E-state index contributed by atoms with van der Waals surface area (Å²) in [6.07, 6.45) is 16.5. The lowest BCUT2D eigenvalue weighted by molar-refractivity contribution is -0.697. The van der Waals surface area contributed by atoms with Crippen molar-refractivity contribution in [3.8, 4) is 0 Å². The molecule has 0 spiro atoms. The van der Waals surface area contributed by atoms with Crippen molar-refractivity contribution in [2.24, 2.45) is 0 Å². The van der Waals surface area contributed by atoms with E-state index < -0.39 is 0 Å². The van der Waals surface area contributed by atoms with Gasteiger partial charge in [-0.25, -0.2) is 4.57 Å². The summed E-state index contributed by atoms with van der Waals surface area (Å²) in [4.78, 5) is 2.31. The fourth-order valence-corrected chi connectivity index (χ4v) is 1.88. The van der Waals surface area contributed by atoms with Crippen LogP contribution in [0.1, 0.15) is 33.1 Å². The predicted molar refractivity (Wildman–Crippen MR) is 81.7 cm³/mol. The van der Waals surface area contributed by atoms with Gasteiger partial charge in [-0.2, -0.15) is 0 Å². The van der Waals surface area contributed by atoms with Gasteiger partial charge in [0.1, 0.15) is 6.54 Å². The molecule has 2 heterocycles. The number of aromatic nitrogens is 1. The van der Waals surface area contributed by atoms with Crippen LogP contribution >= 0.6 is 0 Å². The fraction of sp³-hybridized carbons (Fsp3) is 0.471. The van der Waals surface area contributed by atoms with Crippen LogP contribution in [0.4, 0.5) is 0 Å². The minimum atomic E-state index is 1.09. The fourth-order valence-electron chi connectivity index (χ4n) is 1.88. The first kappa shape index (κ1) is 15.5. The van der Waals surface area contributed by atoms with Crippen molar-refractivity contribution in [2.45, 2.75) is 39.7 Å². The summed E-state index contributed by atoms with van der Waals surface area (Å²) in [7, 11) is 0. The van der Waals surface area contributed by atoms with Gasteiger partial charge in [-0.1, -0.05) is 38.5 Å². The molecular weight excluding hydrogens is 232 g/mol. The monoisotopic (exact) mass is 259 g/mol. The van der Waals surface area contributed by atoms with E-state index in [1.54, 1.807) is 0 Å². The molecule has 1 aliphatic heterocycles. The maximum absolute atomic E-state index is 2.31. The molecule has 0 radical (unpaired) electrons. The highest BCUT2D eigenvalue weighted by Crippen LogP contribution is 1.98. The average molecular weight is 259 g/mol. The van der Waals surface area contributed by atoms with Gasteiger partial charge in [0.25, 0.3) is 0 Å². The van der Waals surface area contributed by atoms with Crippen LogP contribution in [0.2, 0.25) is 0 Å². The first-order valence-electron chi connectivity index (χ1n) is 7.38. The molecule has 0 N–H and O–H groups in total. The maximum atomic E-state index is 2.31. The summed E-state index contributed by atoms with van der Waals surface area (Å²) in [5.74, 6) is 0. The van der Waals surface area contributed by atoms with Crippen LogP contribution in [-0.2, 0) is 6.54 Å². The molecule has 0 saturated heterocycles. The molecule has 0 aromatic carbocycles. The second-order valence-corrected chi connectivity index (χ2v) is 4.73. The van der Waals surface area contributed by atoms with Gasteiger partial charge in [-0.3, -0.25) is 0 Å². The van der Waals surface area contributed by atoms with Crippen molar-refractivity contribution in [1.82, 2.24) is 4.90 Å². The highest BCUT2D eigenvalue weighted by Gasteiger charge is 1.95. The molecule has 1 aromatic heterocycles. The molecule has 0 aliphatic carbocycles. The van der Waals surface area contributed by atoms with Crippen molar-refractivity contribution in [3.63, 3.8) is 0 Å². The number of hydrogen-bond acceptors (Lipinski definition) is 1. The van der Waals surface area contributed by atoms with E-state index >= 15 is 0 Å². The number of hydrogen-bond donors (Lipinski definition) is 0. The Bertz CT molecular complexity index is 368. The summed E-state index contributed by atoms with van der Waals surface area (Å²) in [5.41, 5.74) is 0. The molecule has 0 amide bonds. The van der Waals surface area contributed by atoms with E-state index in [4.69, 9.17) is 0 Å². The minimum absolute atomic E-state index is 1.09. The Morgan fingerprint density at radius 3 is 2.37 bits per heavy atom. The molecule has 2 heteroatoms. The molecule has 0 unspecified atom stereocenters. The molecule has 19 heavy (non-hydrogen) atoms. The Labute approximate surface area is 118 Å². The first-order chi connectivity index (χ1) is 9.36. The summed E-state index contributed by atoms with van der Waals surface area (Å²) >= 11 is 0. The number of pyridine rings is 1. The molecule has 1 aromatic rings. The van der Waals surface area contributed by atoms with E-state index in [1.807, 2.05) is 6.07 Å². The molecule has 0 bridgehead atoms. The Kier molecular flexibility index (Phi) is 8.45. The highest BCUT2D eigenvalue weighted by atomic mass is 15.1. The van der Waals surface area contributed by atoms with Crippen molar-refractivity contribution in [1.29, 1.82) is 0 Å². The summed E-state index contributed by atoms with van der Waals surface area (Å²) < 4.78 is 2.21. The van der Waals surface area contributed by atoms with E-state index in [9.17, 15) is 0 Å². The largest absolute Gasteiger partial charge is 0.374 e. The van der Waals surface area contributed by atoms with Crippen molar-refractivity contribution >= 4 is 0 Å². The van der Waals surface area contributed by atoms with Crippen molar-refractivity contribution in [3.05, 3.63) is 55.0 Å². The molecule has 0 atom stereocenters. The van der Waals surface area contributed by atoms with Crippen LogP contribution in [0.5, 0.6) is 0 Å². The number of rotatable bonds is 5. The van der Waals surface area contributed by atoms with Gasteiger partial charge in [0.05, 0.1) is 0 Å². The second kappa shape index (κ2) is 10.4. The van der Waals surface area contributed by atoms with E-state index in [2.05, 4.69) is 72.3 Å². The maximum Gasteiger partial charge on any atom is 0.168 e. The van der Waals surface area contributed by atoms with E-state index in [0.717, 1.165) is 13.1 Å². The van der Waals surface area contributed by atoms with Gasteiger partial charge in [0.2, 0.25) is 0 Å². The molecule has 0 fully saturated rings. The molecule has 2 nitrogen and oxygen atoms in total. The lowest BCUT2D eigenvalue weighted by Crippen LogP contribution is -2.31. The first-order valence-corrected chi connectivity index (χ1v) is 7.38. The highest BCUT2D eigenvalue weighted by molar-refractivity contribution is 5.08. The third kappa shape index (κ3) is 7.45. The zero-order chi connectivity index (χ0) is 13.8. The number of nitrogens with zero attached hydrogens (tertiary/aromatic N) is 2. The quantitative estimate of drug-likeness (QED) is 0.733. The Morgan fingerprint density at radius 2 is 1.79 bits per heavy atom. The van der Waals surface area contributed by atoms with Crippen LogP contribution in [0, 0.1) is 0 Å². The summed E-state index contributed by atoms with van der Waals surface area (Å²) in [5, 5.41) is 0. The third-order valence-corrected chi connectivity index (χ3v) is 2.94. The van der Waals surface area contributed by atoms with Crippen LogP contribution in [-0.4, -0.2) is 18.0 Å². The molecular formula is C17H27N2+. The van der Waals surface area contributed by atoms with Gasteiger partial charge < -0.3 is 4.90 Å². The third-order valence-electron chi connectivity index (χ3n) is 2.94. The zero-order valence-corrected chi connectivity index (χ0v) is 12.3. The van der Waals surface area contributed by atoms with Crippen LogP contribution in [0.3, 0.4) is 0 Å². The van der Waals surface area contributed by atoms with Crippen LogP contribution in [0.15, 0.2) is 55.0 Å². The minimum Gasteiger partial charge on any atom is -0.374 e. The van der Waals surface area contributed by atoms with E-state index in [1.165, 1.54) is 25.8 Å². The number of allylic oxidation sites excluding steroid dienone is 2. The molecule has 104 valence electrons. The van der Waals surface area contributed by atoms with Gasteiger partial charge in [-0.05, 0) is 18.7 Å². The topological polar surface area (TPSA) is 7.12 Å². The Hall–Kier alpha value is -1.57. The summed E-state index contributed by atoms with van der Waals surface area (Å²) in [6.45, 7) is 7.83. The lowest BCUT2D eigenvalue weighted by atomic mass is 10.3.